The highest BCUT2D eigenvalue weighted by atomic mass is 19.1. The maximum atomic E-state index is 11.5. The van der Waals surface area contributed by atoms with Crippen molar-refractivity contribution in [3.8, 4) is 0 Å². The van der Waals surface area contributed by atoms with Crippen LogP contribution in [0.15, 0.2) is 23.8 Å². The van der Waals surface area contributed by atoms with E-state index in [1.807, 2.05) is 0 Å². The van der Waals surface area contributed by atoms with Gasteiger partial charge < -0.3 is 0 Å². The molecule has 0 heterocycles. The molecule has 12 heavy (non-hydrogen) atoms. The van der Waals surface area contributed by atoms with Gasteiger partial charge >= 0.3 is 0 Å². The Bertz CT molecular complexity index is 199. The number of hydrogen-bond acceptors (Lipinski definition) is 2. The summed E-state index contributed by atoms with van der Waals surface area (Å²) >= 11 is 0. The van der Waals surface area contributed by atoms with Gasteiger partial charge in [-0.1, -0.05) is 23.8 Å². The molecule has 4 heteroatoms. The lowest BCUT2D eigenvalue weighted by molar-refractivity contribution is -0.479. The van der Waals surface area contributed by atoms with Crippen LogP contribution in [0.1, 0.15) is 13.3 Å². The van der Waals surface area contributed by atoms with E-state index in [1.54, 1.807) is 19.1 Å². The van der Waals surface area contributed by atoms with Crippen LogP contribution in [0.5, 0.6) is 0 Å². The quantitative estimate of drug-likeness (QED) is 0.363. The average Bonchev–Trinajstić information content (AvgIpc) is 2.01. The summed E-state index contributed by atoms with van der Waals surface area (Å²) in [6.07, 6.45) is 5.03. The van der Waals surface area contributed by atoms with Gasteiger partial charge in [0.05, 0.1) is 0 Å². The van der Waals surface area contributed by atoms with E-state index in [2.05, 4.69) is 0 Å². The van der Waals surface area contributed by atoms with Crippen LogP contribution in [0.2, 0.25) is 0 Å². The zero-order valence-corrected chi connectivity index (χ0v) is 7.00. The molecule has 0 aliphatic carbocycles. The average molecular weight is 173 g/mol. The minimum Gasteiger partial charge on any atom is -0.265 e. The molecular formula is C8H12FNO2. The molecule has 0 N–H and O–H groups in total. The first-order chi connectivity index (χ1) is 5.66. The van der Waals surface area contributed by atoms with E-state index < -0.39 is 6.67 Å². The second-order valence-corrected chi connectivity index (χ2v) is 2.40. The maximum Gasteiger partial charge on any atom is 0.207 e. The fourth-order valence-corrected chi connectivity index (χ4v) is 0.635. The summed E-state index contributed by atoms with van der Waals surface area (Å²) in [6, 6.07) is 0. The van der Waals surface area contributed by atoms with Crippen molar-refractivity contribution in [3.63, 3.8) is 0 Å². The number of nitro groups is 1. The fourth-order valence-electron chi connectivity index (χ4n) is 0.635. The van der Waals surface area contributed by atoms with E-state index in [-0.39, 0.29) is 11.5 Å². The van der Waals surface area contributed by atoms with Crippen molar-refractivity contribution in [1.29, 1.82) is 0 Å². The molecule has 0 bridgehead atoms. The van der Waals surface area contributed by atoms with E-state index in [0.29, 0.717) is 6.42 Å². The van der Waals surface area contributed by atoms with Crippen LogP contribution in [0.25, 0.3) is 0 Å². The van der Waals surface area contributed by atoms with E-state index in [0.717, 1.165) is 5.57 Å². The predicted octanol–water partition coefficient (Wildman–Crippen LogP) is 2.13. The zero-order valence-electron chi connectivity index (χ0n) is 7.00. The topological polar surface area (TPSA) is 43.1 Å². The van der Waals surface area contributed by atoms with E-state index in [4.69, 9.17) is 0 Å². The number of hydrogen-bond donors (Lipinski definition) is 0. The number of nitrogens with zero attached hydrogens (tertiary/aromatic N) is 1. The van der Waals surface area contributed by atoms with Gasteiger partial charge in [0, 0.05) is 11.3 Å². The summed E-state index contributed by atoms with van der Waals surface area (Å²) in [5, 5.41) is 9.93. The molecule has 0 aromatic carbocycles. The minimum absolute atomic E-state index is 0.0637. The highest BCUT2D eigenvalue weighted by Crippen LogP contribution is 1.99. The van der Waals surface area contributed by atoms with Crippen LogP contribution < -0.4 is 0 Å². The van der Waals surface area contributed by atoms with E-state index >= 15 is 0 Å². The molecule has 0 aromatic heterocycles. The molecule has 0 amide bonds. The summed E-state index contributed by atoms with van der Waals surface area (Å²) < 4.78 is 11.5. The number of alkyl halides is 1. The van der Waals surface area contributed by atoms with Gasteiger partial charge in [-0.25, -0.2) is 4.39 Å². The Morgan fingerprint density at radius 1 is 1.67 bits per heavy atom. The van der Waals surface area contributed by atoms with Crippen molar-refractivity contribution in [3.05, 3.63) is 33.9 Å². The van der Waals surface area contributed by atoms with Crippen LogP contribution in [0.4, 0.5) is 4.39 Å². The van der Waals surface area contributed by atoms with Crippen molar-refractivity contribution in [2.24, 2.45) is 0 Å². The van der Waals surface area contributed by atoms with Gasteiger partial charge in [0.25, 0.3) is 0 Å². The Hall–Kier alpha value is -1.19. The Morgan fingerprint density at radius 3 is 2.83 bits per heavy atom. The van der Waals surface area contributed by atoms with Gasteiger partial charge in [-0.15, -0.1) is 0 Å². The van der Waals surface area contributed by atoms with E-state index in [9.17, 15) is 14.5 Å². The summed E-state index contributed by atoms with van der Waals surface area (Å²) in [5.74, 6) is 0. The third kappa shape index (κ3) is 6.92. The van der Waals surface area contributed by atoms with Crippen molar-refractivity contribution in [1.82, 2.24) is 0 Å². The van der Waals surface area contributed by atoms with Crippen LogP contribution in [0.3, 0.4) is 0 Å². The predicted molar refractivity (Wildman–Crippen MR) is 45.4 cm³/mol. The van der Waals surface area contributed by atoms with Gasteiger partial charge in [-0.05, 0) is 6.92 Å². The minimum atomic E-state index is -0.501. The summed E-state index contributed by atoms with van der Waals surface area (Å²) in [4.78, 5) is 9.57. The third-order valence-electron chi connectivity index (χ3n) is 1.29. The zero-order chi connectivity index (χ0) is 9.40. The van der Waals surface area contributed by atoms with E-state index in [1.165, 1.54) is 6.08 Å². The summed E-state index contributed by atoms with van der Waals surface area (Å²) in [5.41, 5.74) is 0.886. The molecule has 0 aromatic rings. The molecule has 0 aliphatic heterocycles. The Kier molecular flexibility index (Phi) is 5.87. The highest BCUT2D eigenvalue weighted by molar-refractivity contribution is 5.10. The first-order valence-electron chi connectivity index (χ1n) is 3.67. The first-order valence-corrected chi connectivity index (χ1v) is 3.67. The third-order valence-corrected chi connectivity index (χ3v) is 1.29. The Labute approximate surface area is 70.7 Å². The molecule has 0 atom stereocenters. The number of halogens is 1. The maximum absolute atomic E-state index is 11.5. The highest BCUT2D eigenvalue weighted by Gasteiger charge is 1.96. The van der Waals surface area contributed by atoms with Crippen LogP contribution in [0, 0.1) is 10.1 Å². The number of rotatable bonds is 5. The van der Waals surface area contributed by atoms with Crippen molar-refractivity contribution < 1.29 is 9.31 Å². The van der Waals surface area contributed by atoms with Crippen LogP contribution in [-0.2, 0) is 0 Å². The summed E-state index contributed by atoms with van der Waals surface area (Å²) in [7, 11) is 0. The molecule has 0 rings (SSSR count). The Morgan fingerprint density at radius 2 is 2.33 bits per heavy atom. The van der Waals surface area contributed by atoms with Crippen molar-refractivity contribution in [2.75, 3.05) is 13.2 Å². The second kappa shape index (κ2) is 6.52. The smallest absolute Gasteiger partial charge is 0.207 e. The Balaban J connectivity index is 3.70. The van der Waals surface area contributed by atoms with Crippen molar-refractivity contribution >= 4 is 0 Å². The molecule has 0 aliphatic rings. The second-order valence-electron chi connectivity index (χ2n) is 2.40. The molecule has 3 nitrogen and oxygen atoms in total. The van der Waals surface area contributed by atoms with Gasteiger partial charge in [-0.3, -0.25) is 10.1 Å². The summed E-state index contributed by atoms with van der Waals surface area (Å²) in [6.45, 7) is 1.22. The number of allylic oxidation sites excluding steroid dienone is 3. The fraction of sp³-hybridized carbons (Fsp3) is 0.500. The molecule has 0 fully saturated rings. The van der Waals surface area contributed by atoms with Crippen molar-refractivity contribution in [2.45, 2.75) is 13.3 Å². The van der Waals surface area contributed by atoms with Crippen LogP contribution in [-0.4, -0.2) is 18.1 Å². The molecule has 68 valence electrons. The molecule has 0 unspecified atom stereocenters. The molecule has 0 radical (unpaired) electrons. The van der Waals surface area contributed by atoms with Gasteiger partial charge in [-0.2, -0.15) is 0 Å². The normalized spacial score (nSPS) is 12.3. The first kappa shape index (κ1) is 10.8. The molecule has 0 saturated carbocycles. The molecule has 0 saturated heterocycles. The monoisotopic (exact) mass is 173 g/mol. The lowest BCUT2D eigenvalue weighted by Crippen LogP contribution is -2.00. The largest absolute Gasteiger partial charge is 0.265 e. The lowest BCUT2D eigenvalue weighted by atomic mass is 10.2. The van der Waals surface area contributed by atoms with Gasteiger partial charge in [0.2, 0.25) is 6.54 Å². The molecule has 0 spiro atoms. The molecular weight excluding hydrogens is 161 g/mol. The van der Waals surface area contributed by atoms with Gasteiger partial charge in [0.1, 0.15) is 6.67 Å². The van der Waals surface area contributed by atoms with Gasteiger partial charge in [0.15, 0.2) is 0 Å². The SMILES string of the molecule is C/C(=C/C=C\CF)CC[N+](=O)[O-]. The lowest BCUT2D eigenvalue weighted by Gasteiger charge is -1.93. The van der Waals surface area contributed by atoms with Crippen LogP contribution >= 0.6 is 0 Å². The standard InChI is InChI=1S/C8H12FNO2/c1-8(4-2-3-6-9)5-7-10(11)12/h2-4H,5-7H2,1H3/b3-2-,8-4-.